The van der Waals surface area contributed by atoms with Gasteiger partial charge in [-0.3, -0.25) is 5.41 Å². The van der Waals surface area contributed by atoms with Crippen LogP contribution in [0.2, 0.25) is 0 Å². The van der Waals surface area contributed by atoms with E-state index < -0.39 is 5.54 Å². The van der Waals surface area contributed by atoms with Crippen LogP contribution in [0.25, 0.3) is 0 Å². The molecule has 4 heteroatoms. The fourth-order valence-electron chi connectivity index (χ4n) is 4.20. The minimum atomic E-state index is -0.965. The molecule has 0 aliphatic rings. The summed E-state index contributed by atoms with van der Waals surface area (Å²) >= 11 is 0. The Morgan fingerprint density at radius 3 is 1.85 bits per heavy atom. The number of nitrogens with one attached hydrogen (secondary N) is 1. The van der Waals surface area contributed by atoms with E-state index in [1.807, 2.05) is 56.4 Å². The molecule has 1 heterocycles. The first-order valence-corrected chi connectivity index (χ1v) is 11.5. The molecule has 1 N–H and O–H groups in total. The lowest BCUT2D eigenvalue weighted by Crippen LogP contribution is -2.46. The molecule has 0 bridgehead atoms. The van der Waals surface area contributed by atoms with Crippen LogP contribution in [-0.4, -0.2) is 10.9 Å². The lowest BCUT2D eigenvalue weighted by atomic mass is 9.85. The third kappa shape index (κ3) is 5.34. The van der Waals surface area contributed by atoms with Crippen molar-refractivity contribution < 1.29 is 9.53 Å². The average Bonchev–Trinajstić information content (AvgIpc) is 2.86. The molecule has 0 saturated heterocycles. The zero-order valence-electron chi connectivity index (χ0n) is 19.7. The molecule has 0 unspecified atom stereocenters. The number of carbonyl (C=O) groups is 1. The molecule has 3 aromatic carbocycles. The summed E-state index contributed by atoms with van der Waals surface area (Å²) in [5, 5.41) is 8.95. The molecule has 0 radical (unpaired) electrons. The molecule has 0 spiro atoms. The monoisotopic (exact) mass is 450 g/mol. The highest BCUT2D eigenvalue weighted by Crippen LogP contribution is 2.26. The minimum Gasteiger partial charge on any atom is -0.485 e. The third-order valence-electron chi connectivity index (χ3n) is 6.16. The van der Waals surface area contributed by atoms with Gasteiger partial charge in [-0.2, -0.15) is 0 Å². The highest BCUT2D eigenvalue weighted by Gasteiger charge is 2.33. The minimum absolute atomic E-state index is 0.185. The molecule has 0 aliphatic heterocycles. The molecule has 0 saturated carbocycles. The molecule has 0 atom stereocenters. The number of hydrogen-bond donors (Lipinski definition) is 1. The molecule has 4 rings (SSSR count). The second kappa shape index (κ2) is 10.3. The predicted octanol–water partition coefficient (Wildman–Crippen LogP) is 5.54. The molecule has 0 aliphatic carbocycles. The van der Waals surface area contributed by atoms with E-state index in [4.69, 9.17) is 10.1 Å². The first-order chi connectivity index (χ1) is 16.5. The van der Waals surface area contributed by atoms with E-state index in [0.29, 0.717) is 25.2 Å². The first kappa shape index (κ1) is 23.2. The van der Waals surface area contributed by atoms with Crippen molar-refractivity contribution in [1.29, 1.82) is 5.41 Å². The lowest BCUT2D eigenvalue weighted by Gasteiger charge is -2.32. The maximum absolute atomic E-state index is 12.9. The van der Waals surface area contributed by atoms with Crippen LogP contribution in [-0.2, 0) is 29.8 Å². The van der Waals surface area contributed by atoms with Crippen molar-refractivity contribution in [2.75, 3.05) is 0 Å². The van der Waals surface area contributed by atoms with Gasteiger partial charge in [0.2, 0.25) is 0 Å². The van der Waals surface area contributed by atoms with Crippen LogP contribution < -0.4 is 10.2 Å². The summed E-state index contributed by atoms with van der Waals surface area (Å²) in [6.45, 7) is 4.46. The van der Waals surface area contributed by atoms with E-state index in [2.05, 4.69) is 48.5 Å². The van der Waals surface area contributed by atoms with Gasteiger partial charge < -0.3 is 14.1 Å². The van der Waals surface area contributed by atoms with Crippen LogP contribution in [0, 0.1) is 19.3 Å². The number of benzene rings is 3. The lowest BCUT2D eigenvalue weighted by molar-refractivity contribution is -0.115. The van der Waals surface area contributed by atoms with E-state index in [1.165, 1.54) is 11.1 Å². The normalized spacial score (nSPS) is 11.2. The Morgan fingerprint density at radius 2 is 1.32 bits per heavy atom. The molecule has 0 amide bonds. The van der Waals surface area contributed by atoms with Crippen LogP contribution in [0.1, 0.15) is 27.8 Å². The van der Waals surface area contributed by atoms with Crippen LogP contribution in [0.4, 0.5) is 0 Å². The topological polar surface area (TPSA) is 55.1 Å². The Bertz CT molecular complexity index is 1240. The van der Waals surface area contributed by atoms with Crippen LogP contribution in [0.3, 0.4) is 0 Å². The van der Waals surface area contributed by atoms with Gasteiger partial charge in [-0.05, 0) is 42.7 Å². The highest BCUT2D eigenvalue weighted by molar-refractivity contribution is 5.64. The van der Waals surface area contributed by atoms with Gasteiger partial charge in [0.1, 0.15) is 18.4 Å². The predicted molar refractivity (Wildman–Crippen MR) is 135 cm³/mol. The highest BCUT2D eigenvalue weighted by atomic mass is 16.5. The standard InChI is InChI=1S/C30H30N2O2/c1-23-10-14-25(15-11-23)19-30(22-33,20-26-16-12-24(2)13-17-26)32-18-6-9-28(29(32)31)34-21-27-7-4-3-5-8-27/h3-18,22,31H,19-21H2,1-2H3. The van der Waals surface area contributed by atoms with Gasteiger partial charge in [0.15, 0.2) is 11.2 Å². The van der Waals surface area contributed by atoms with E-state index in [0.717, 1.165) is 23.0 Å². The third-order valence-corrected chi connectivity index (χ3v) is 6.16. The number of pyridine rings is 1. The molecule has 4 aromatic rings. The van der Waals surface area contributed by atoms with E-state index in [1.54, 1.807) is 10.6 Å². The van der Waals surface area contributed by atoms with Crippen molar-refractivity contribution in [3.05, 3.63) is 130 Å². The Kier molecular flexibility index (Phi) is 7.07. The Balaban J connectivity index is 1.74. The molecule has 34 heavy (non-hydrogen) atoms. The average molecular weight is 451 g/mol. The van der Waals surface area contributed by atoms with Gasteiger partial charge in [-0.15, -0.1) is 0 Å². The smallest absolute Gasteiger partial charge is 0.168 e. The summed E-state index contributed by atoms with van der Waals surface area (Å²) in [7, 11) is 0. The number of aromatic nitrogens is 1. The van der Waals surface area contributed by atoms with Gasteiger partial charge in [0.25, 0.3) is 0 Å². The Hall–Kier alpha value is -3.92. The molecular formula is C30H30N2O2. The number of nitrogens with zero attached hydrogens (tertiary/aromatic N) is 1. The summed E-state index contributed by atoms with van der Waals surface area (Å²) in [6, 6.07) is 30.0. The van der Waals surface area contributed by atoms with Crippen molar-refractivity contribution >= 4 is 6.29 Å². The number of carbonyl (C=O) groups excluding carboxylic acids is 1. The molecular weight excluding hydrogens is 420 g/mol. The van der Waals surface area contributed by atoms with Gasteiger partial charge in [-0.25, -0.2) is 0 Å². The maximum atomic E-state index is 12.9. The van der Waals surface area contributed by atoms with Crippen molar-refractivity contribution in [2.24, 2.45) is 0 Å². The number of aldehydes is 1. The summed E-state index contributed by atoms with van der Waals surface area (Å²) in [6.07, 6.45) is 3.76. The second-order valence-corrected chi connectivity index (χ2v) is 8.91. The maximum Gasteiger partial charge on any atom is 0.168 e. The SMILES string of the molecule is Cc1ccc(CC(C=O)(Cc2ccc(C)cc2)n2cccc(OCc3ccccc3)c2=N)cc1. The van der Waals surface area contributed by atoms with Crippen LogP contribution >= 0.6 is 0 Å². The summed E-state index contributed by atoms with van der Waals surface area (Å²) in [5.74, 6) is 0.449. The zero-order valence-corrected chi connectivity index (χ0v) is 19.7. The van der Waals surface area contributed by atoms with Crippen molar-refractivity contribution in [3.63, 3.8) is 0 Å². The summed E-state index contributed by atoms with van der Waals surface area (Å²) < 4.78 is 7.77. The molecule has 0 fully saturated rings. The van der Waals surface area contributed by atoms with Crippen molar-refractivity contribution in [3.8, 4) is 5.75 Å². The largest absolute Gasteiger partial charge is 0.485 e. The van der Waals surface area contributed by atoms with Crippen LogP contribution in [0.15, 0.2) is 97.2 Å². The number of hydrogen-bond acceptors (Lipinski definition) is 3. The summed E-state index contributed by atoms with van der Waals surface area (Å²) in [5.41, 5.74) is 4.68. The van der Waals surface area contributed by atoms with Gasteiger partial charge in [0, 0.05) is 19.0 Å². The van der Waals surface area contributed by atoms with E-state index in [9.17, 15) is 4.79 Å². The van der Waals surface area contributed by atoms with Gasteiger partial charge in [0.05, 0.1) is 0 Å². The van der Waals surface area contributed by atoms with E-state index in [-0.39, 0.29) is 5.49 Å². The quantitative estimate of drug-likeness (QED) is 0.340. The zero-order chi connectivity index (χ0) is 24.0. The van der Waals surface area contributed by atoms with Crippen LogP contribution in [0.5, 0.6) is 5.75 Å². The van der Waals surface area contributed by atoms with Gasteiger partial charge in [-0.1, -0.05) is 90.0 Å². The molecule has 1 aromatic heterocycles. The van der Waals surface area contributed by atoms with E-state index >= 15 is 0 Å². The second-order valence-electron chi connectivity index (χ2n) is 8.91. The first-order valence-electron chi connectivity index (χ1n) is 11.5. The fourth-order valence-corrected chi connectivity index (χ4v) is 4.20. The Labute approximate surface area is 201 Å². The van der Waals surface area contributed by atoms with Crippen molar-refractivity contribution in [1.82, 2.24) is 4.57 Å². The molecule has 172 valence electrons. The fraction of sp³-hybridized carbons (Fsp3) is 0.200. The number of rotatable bonds is 9. The number of ether oxygens (including phenoxy) is 1. The Morgan fingerprint density at radius 1 is 0.765 bits per heavy atom. The summed E-state index contributed by atoms with van der Waals surface area (Å²) in [4.78, 5) is 12.9. The molecule has 4 nitrogen and oxygen atoms in total. The van der Waals surface area contributed by atoms with Gasteiger partial charge >= 0.3 is 0 Å². The van der Waals surface area contributed by atoms with Crippen molar-refractivity contribution in [2.45, 2.75) is 38.8 Å². The number of aryl methyl sites for hydroxylation is 2.